The zero-order valence-corrected chi connectivity index (χ0v) is 27.4. The van der Waals surface area contributed by atoms with Gasteiger partial charge in [-0.2, -0.15) is 9.97 Å². The summed E-state index contributed by atoms with van der Waals surface area (Å²) in [5, 5.41) is 14.9. The quantitative estimate of drug-likeness (QED) is 0.277. The van der Waals surface area contributed by atoms with E-state index < -0.39 is 23.4 Å². The van der Waals surface area contributed by atoms with E-state index in [1.54, 1.807) is 0 Å². The lowest BCUT2D eigenvalue weighted by Crippen LogP contribution is -2.51. The third kappa shape index (κ3) is 5.47. The highest BCUT2D eigenvalue weighted by Crippen LogP contribution is 2.43. The van der Waals surface area contributed by atoms with Crippen LogP contribution in [0.2, 0.25) is 0 Å². The van der Waals surface area contributed by atoms with Crippen LogP contribution in [0.15, 0.2) is 29.1 Å². The molecule has 2 N–H and O–H groups in total. The van der Waals surface area contributed by atoms with Crippen molar-refractivity contribution in [3.05, 3.63) is 51.8 Å². The van der Waals surface area contributed by atoms with Crippen molar-refractivity contribution in [1.82, 2.24) is 24.8 Å². The number of anilines is 1. The summed E-state index contributed by atoms with van der Waals surface area (Å²) in [6.07, 6.45) is 12.8. The number of aromatic hydroxyl groups is 1. The van der Waals surface area contributed by atoms with Crippen LogP contribution in [0.4, 0.5) is 19.0 Å². The van der Waals surface area contributed by atoms with Crippen molar-refractivity contribution in [2.75, 3.05) is 38.2 Å². The Hall–Kier alpha value is -4.34. The van der Waals surface area contributed by atoms with Gasteiger partial charge in [0.15, 0.2) is 5.82 Å². The first kappa shape index (κ1) is 31.9. The third-order valence-electron chi connectivity index (χ3n) is 11.0. The minimum atomic E-state index is -0.777. The molecular weight excluding hydrogens is 633 g/mol. The van der Waals surface area contributed by atoms with Gasteiger partial charge in [-0.3, -0.25) is 9.69 Å². The van der Waals surface area contributed by atoms with Crippen LogP contribution in [0.5, 0.6) is 11.8 Å². The summed E-state index contributed by atoms with van der Waals surface area (Å²) >= 11 is 0. The molecule has 5 aliphatic rings. The Bertz CT molecular complexity index is 2040. The van der Waals surface area contributed by atoms with Crippen molar-refractivity contribution >= 4 is 27.5 Å². The van der Waals surface area contributed by atoms with Gasteiger partial charge in [0.1, 0.15) is 34.5 Å². The second kappa shape index (κ2) is 12.5. The predicted molar refractivity (Wildman–Crippen MR) is 182 cm³/mol. The van der Waals surface area contributed by atoms with Crippen LogP contribution >= 0.6 is 0 Å². The summed E-state index contributed by atoms with van der Waals surface area (Å²) < 4.78 is 51.3. The number of terminal acetylenes is 1. The standard InChI is InChI=1S/C30H27F2N5O3.C7H12FN/c1-3-20-22(31)10-7-15-11-19(38)12-21(23(15)20)27-25(32)26-24(29(39)37(27)18-5-4-6-18)28(35-30(34-26)40-2)36-13-16-8-9-17(14-36)33-16;8-6-4-7-2-1-3-9(7)5-6/h1,7,10-12,16-18,33,38H,4-6,8-9,13-14H2,2H3;6-7H,1-5H2. The second-order valence-electron chi connectivity index (χ2n) is 14.0. The van der Waals surface area contributed by atoms with Crippen LogP contribution in [0.25, 0.3) is 32.9 Å². The fraction of sp³-hybridized carbons (Fsp3) is 0.486. The highest BCUT2D eigenvalue weighted by Gasteiger charge is 2.37. The molecule has 4 saturated heterocycles. The molecule has 49 heavy (non-hydrogen) atoms. The number of phenolic OH excluding ortho intramolecular Hbond substituents is 1. The number of phenols is 1. The van der Waals surface area contributed by atoms with Crippen LogP contribution in [0.3, 0.4) is 0 Å². The number of methoxy groups -OCH3 is 1. The Morgan fingerprint density at radius 3 is 2.43 bits per heavy atom. The van der Waals surface area contributed by atoms with E-state index in [-0.39, 0.29) is 63.0 Å². The van der Waals surface area contributed by atoms with Gasteiger partial charge in [-0.25, -0.2) is 13.2 Å². The van der Waals surface area contributed by atoms with Crippen molar-refractivity contribution in [2.24, 2.45) is 0 Å². The maximum absolute atomic E-state index is 17.0. The Morgan fingerprint density at radius 1 is 1.00 bits per heavy atom. The molecule has 1 saturated carbocycles. The summed E-state index contributed by atoms with van der Waals surface area (Å²) in [7, 11) is 1.39. The molecule has 9 nitrogen and oxygen atoms in total. The molecule has 4 unspecified atom stereocenters. The molecule has 5 fully saturated rings. The molecule has 2 aromatic heterocycles. The molecule has 1 aliphatic carbocycles. The molecule has 2 aromatic carbocycles. The second-order valence-corrected chi connectivity index (χ2v) is 14.0. The summed E-state index contributed by atoms with van der Waals surface area (Å²) in [4.78, 5) is 27.6. The molecule has 9 rings (SSSR count). The maximum atomic E-state index is 17.0. The number of hydrogen-bond donors (Lipinski definition) is 2. The lowest BCUT2D eigenvalue weighted by molar-refractivity contribution is 0.292. The van der Waals surface area contributed by atoms with Crippen molar-refractivity contribution in [3.63, 3.8) is 0 Å². The molecule has 4 atom stereocenters. The maximum Gasteiger partial charge on any atom is 0.318 e. The van der Waals surface area contributed by atoms with Gasteiger partial charge in [0, 0.05) is 54.8 Å². The van der Waals surface area contributed by atoms with E-state index >= 15 is 4.39 Å². The summed E-state index contributed by atoms with van der Waals surface area (Å²) in [6.45, 7) is 3.11. The molecule has 0 amide bonds. The number of fused-ring (bicyclic) bond motifs is 5. The molecule has 4 aromatic rings. The number of nitrogens with one attached hydrogen (secondary N) is 1. The Balaban J connectivity index is 0.000000334. The van der Waals surface area contributed by atoms with E-state index in [9.17, 15) is 18.7 Å². The first-order valence-corrected chi connectivity index (χ1v) is 17.2. The minimum Gasteiger partial charge on any atom is -0.508 e. The van der Waals surface area contributed by atoms with Gasteiger partial charge in [0.05, 0.1) is 18.4 Å². The fourth-order valence-electron chi connectivity index (χ4n) is 8.54. The minimum absolute atomic E-state index is 0.0600. The number of pyridine rings is 1. The number of alkyl halides is 1. The Morgan fingerprint density at radius 2 is 1.76 bits per heavy atom. The molecular formula is C37H39F3N6O3. The zero-order valence-electron chi connectivity index (χ0n) is 27.4. The molecule has 256 valence electrons. The lowest BCUT2D eigenvalue weighted by atomic mass is 9.90. The van der Waals surface area contributed by atoms with E-state index in [2.05, 4.69) is 26.1 Å². The van der Waals surface area contributed by atoms with E-state index in [0.29, 0.717) is 49.7 Å². The van der Waals surface area contributed by atoms with Crippen LogP contribution < -0.4 is 20.5 Å². The number of benzene rings is 2. The van der Waals surface area contributed by atoms with Gasteiger partial charge in [-0.1, -0.05) is 12.0 Å². The SMILES string of the molecule is C#Cc1c(F)ccc2cc(O)cc(-c3c(F)c4nc(OC)nc(N5CC6CCC(C5)N6)c4c(=O)n3C3CCC3)c12.FC1CC2CCCN2C1. The third-order valence-corrected chi connectivity index (χ3v) is 11.0. The average molecular weight is 673 g/mol. The lowest BCUT2D eigenvalue weighted by Gasteiger charge is -2.35. The normalized spacial score (nSPS) is 24.8. The number of nitrogens with zero attached hydrogens (tertiary/aromatic N) is 5. The van der Waals surface area contributed by atoms with E-state index in [4.69, 9.17) is 11.2 Å². The first-order chi connectivity index (χ1) is 23.7. The van der Waals surface area contributed by atoms with Crippen LogP contribution in [0, 0.1) is 24.0 Å². The molecule has 0 spiro atoms. The van der Waals surface area contributed by atoms with E-state index in [1.807, 2.05) is 4.90 Å². The van der Waals surface area contributed by atoms with Gasteiger partial charge in [-0.05, 0) is 81.5 Å². The van der Waals surface area contributed by atoms with Crippen LogP contribution in [-0.2, 0) is 0 Å². The fourth-order valence-corrected chi connectivity index (χ4v) is 8.54. The van der Waals surface area contributed by atoms with Crippen molar-refractivity contribution < 1.29 is 23.0 Å². The van der Waals surface area contributed by atoms with Gasteiger partial charge in [0.2, 0.25) is 0 Å². The molecule has 6 heterocycles. The average Bonchev–Trinajstić information content (AvgIpc) is 3.76. The highest BCUT2D eigenvalue weighted by atomic mass is 19.1. The first-order valence-electron chi connectivity index (χ1n) is 17.2. The molecule has 12 heteroatoms. The molecule has 0 radical (unpaired) electrons. The zero-order chi connectivity index (χ0) is 34.0. The molecule has 2 bridgehead atoms. The van der Waals surface area contributed by atoms with Crippen LogP contribution in [-0.4, -0.2) is 82.1 Å². The number of hydrogen-bond acceptors (Lipinski definition) is 8. The summed E-state index contributed by atoms with van der Waals surface area (Å²) in [5.74, 6) is 1.13. The summed E-state index contributed by atoms with van der Waals surface area (Å²) in [5.41, 5.74) is -0.646. The van der Waals surface area contributed by atoms with Crippen molar-refractivity contribution in [2.45, 2.75) is 81.7 Å². The number of piperazine rings is 1. The van der Waals surface area contributed by atoms with E-state index in [0.717, 1.165) is 32.2 Å². The Labute approximate surface area is 282 Å². The van der Waals surface area contributed by atoms with Gasteiger partial charge in [-0.15, -0.1) is 6.42 Å². The molecule has 4 aliphatic heterocycles. The van der Waals surface area contributed by atoms with Crippen molar-refractivity contribution in [1.29, 1.82) is 0 Å². The van der Waals surface area contributed by atoms with Crippen molar-refractivity contribution in [3.8, 4) is 35.4 Å². The number of rotatable bonds is 4. The number of aromatic nitrogens is 3. The predicted octanol–water partition coefficient (Wildman–Crippen LogP) is 5.44. The topological polar surface area (TPSA) is 95.8 Å². The van der Waals surface area contributed by atoms with Gasteiger partial charge < -0.3 is 24.6 Å². The van der Waals surface area contributed by atoms with Gasteiger partial charge in [0.25, 0.3) is 5.56 Å². The highest BCUT2D eigenvalue weighted by molar-refractivity contribution is 6.03. The monoisotopic (exact) mass is 672 g/mol. The Kier molecular flexibility index (Phi) is 8.15. The summed E-state index contributed by atoms with van der Waals surface area (Å²) in [6, 6.07) is 6.22. The van der Waals surface area contributed by atoms with Crippen LogP contribution in [0.1, 0.15) is 63.0 Å². The number of halogens is 3. The van der Waals surface area contributed by atoms with E-state index in [1.165, 1.54) is 48.8 Å². The number of ether oxygens (including phenoxy) is 1. The smallest absolute Gasteiger partial charge is 0.318 e. The largest absolute Gasteiger partial charge is 0.508 e. The van der Waals surface area contributed by atoms with Gasteiger partial charge >= 0.3 is 6.01 Å².